The molecule has 132 valence electrons. The highest BCUT2D eigenvalue weighted by atomic mass is 15.1. The van der Waals surface area contributed by atoms with Gasteiger partial charge in [-0.15, -0.1) is 0 Å². The number of nitrogens with zero attached hydrogens (tertiary/aromatic N) is 2. The predicted molar refractivity (Wildman–Crippen MR) is 111 cm³/mol. The SMILES string of the molecule is CCN(CC)c1ccc(-[n+]2ccc(C=CNc3ccccc3)cc2)cc1. The number of pyridine rings is 1. The minimum atomic E-state index is 1.03. The molecule has 0 amide bonds. The highest BCUT2D eigenvalue weighted by Crippen LogP contribution is 2.15. The zero-order valence-corrected chi connectivity index (χ0v) is 15.5. The second kappa shape index (κ2) is 8.86. The molecule has 0 atom stereocenters. The Morgan fingerprint density at radius 2 is 1.50 bits per heavy atom. The van der Waals surface area contributed by atoms with Gasteiger partial charge in [-0.05, 0) is 49.8 Å². The molecule has 3 heteroatoms. The van der Waals surface area contributed by atoms with E-state index >= 15 is 0 Å². The van der Waals surface area contributed by atoms with Crippen LogP contribution in [0.5, 0.6) is 0 Å². The minimum absolute atomic E-state index is 1.03. The van der Waals surface area contributed by atoms with Gasteiger partial charge in [0.05, 0.1) is 0 Å². The Morgan fingerprint density at radius 3 is 2.12 bits per heavy atom. The van der Waals surface area contributed by atoms with E-state index in [2.05, 4.69) is 83.5 Å². The van der Waals surface area contributed by atoms with Crippen molar-refractivity contribution >= 4 is 17.5 Å². The third-order valence-corrected chi connectivity index (χ3v) is 4.43. The third kappa shape index (κ3) is 4.51. The van der Waals surface area contributed by atoms with Crippen LogP contribution in [0.15, 0.2) is 85.3 Å². The number of nitrogens with one attached hydrogen (secondary N) is 1. The second-order valence-corrected chi connectivity index (χ2v) is 6.07. The van der Waals surface area contributed by atoms with E-state index in [0.29, 0.717) is 0 Å². The molecule has 0 spiro atoms. The van der Waals surface area contributed by atoms with Crippen LogP contribution in [0.25, 0.3) is 11.8 Å². The van der Waals surface area contributed by atoms with Crippen molar-refractivity contribution in [2.45, 2.75) is 13.8 Å². The zero-order chi connectivity index (χ0) is 18.2. The van der Waals surface area contributed by atoms with Crippen LogP contribution in [0.3, 0.4) is 0 Å². The molecule has 0 unspecified atom stereocenters. The van der Waals surface area contributed by atoms with Crippen LogP contribution in [-0.2, 0) is 0 Å². The smallest absolute Gasteiger partial charge is 0.210 e. The summed E-state index contributed by atoms with van der Waals surface area (Å²) in [5.74, 6) is 0. The lowest BCUT2D eigenvalue weighted by molar-refractivity contribution is -0.595. The maximum Gasteiger partial charge on any atom is 0.210 e. The molecular weight excluding hydrogens is 318 g/mol. The number of anilines is 2. The van der Waals surface area contributed by atoms with E-state index in [-0.39, 0.29) is 0 Å². The summed E-state index contributed by atoms with van der Waals surface area (Å²) in [6.45, 7) is 6.43. The van der Waals surface area contributed by atoms with E-state index in [4.69, 9.17) is 0 Å². The van der Waals surface area contributed by atoms with Gasteiger partial charge < -0.3 is 10.2 Å². The van der Waals surface area contributed by atoms with E-state index in [0.717, 1.165) is 24.3 Å². The summed E-state index contributed by atoms with van der Waals surface area (Å²) >= 11 is 0. The average molecular weight is 344 g/mol. The standard InChI is InChI=1S/C23H25N3/c1-3-25(4-2)22-10-12-23(13-11-22)26-18-15-20(16-19-26)14-17-24-21-8-6-5-7-9-21/h5-19H,3-4H2,1-2H3/p+1. The molecule has 0 fully saturated rings. The summed E-state index contributed by atoms with van der Waals surface area (Å²) in [6, 6.07) is 23.1. The minimum Gasteiger partial charge on any atom is -0.372 e. The maximum absolute atomic E-state index is 3.28. The number of para-hydroxylation sites is 1. The molecule has 1 aromatic heterocycles. The number of rotatable bonds is 7. The Morgan fingerprint density at radius 1 is 0.846 bits per heavy atom. The van der Waals surface area contributed by atoms with Crippen molar-refractivity contribution in [2.75, 3.05) is 23.3 Å². The lowest BCUT2D eigenvalue weighted by Crippen LogP contribution is -2.29. The first-order chi connectivity index (χ1) is 12.8. The van der Waals surface area contributed by atoms with Crippen LogP contribution in [0.4, 0.5) is 11.4 Å². The molecule has 0 saturated heterocycles. The molecule has 1 heterocycles. The Balaban J connectivity index is 1.65. The van der Waals surface area contributed by atoms with Gasteiger partial charge in [0, 0.05) is 54.9 Å². The number of aromatic nitrogens is 1. The first-order valence-corrected chi connectivity index (χ1v) is 9.15. The number of hydrogen-bond acceptors (Lipinski definition) is 2. The van der Waals surface area contributed by atoms with Crippen molar-refractivity contribution in [3.63, 3.8) is 0 Å². The monoisotopic (exact) mass is 344 g/mol. The maximum atomic E-state index is 3.28. The molecular formula is C23H26N3+. The molecule has 3 rings (SSSR count). The topological polar surface area (TPSA) is 19.1 Å². The fourth-order valence-corrected chi connectivity index (χ4v) is 2.91. The van der Waals surface area contributed by atoms with Crippen LogP contribution < -0.4 is 14.8 Å². The lowest BCUT2D eigenvalue weighted by Gasteiger charge is -2.20. The van der Waals surface area contributed by atoms with Crippen molar-refractivity contribution < 1.29 is 4.57 Å². The van der Waals surface area contributed by atoms with Crippen molar-refractivity contribution in [3.05, 3.63) is 90.9 Å². The molecule has 0 saturated carbocycles. The fraction of sp³-hybridized carbons (Fsp3) is 0.174. The quantitative estimate of drug-likeness (QED) is 0.615. The summed E-state index contributed by atoms with van der Waals surface area (Å²) in [7, 11) is 0. The van der Waals surface area contributed by atoms with Gasteiger partial charge in [-0.3, -0.25) is 0 Å². The van der Waals surface area contributed by atoms with Crippen LogP contribution in [0.2, 0.25) is 0 Å². The second-order valence-electron chi connectivity index (χ2n) is 6.07. The van der Waals surface area contributed by atoms with Gasteiger partial charge in [-0.1, -0.05) is 18.2 Å². The van der Waals surface area contributed by atoms with Crippen molar-refractivity contribution in [1.29, 1.82) is 0 Å². The normalized spacial score (nSPS) is 10.8. The van der Waals surface area contributed by atoms with Crippen LogP contribution >= 0.6 is 0 Å². The van der Waals surface area contributed by atoms with Gasteiger partial charge in [0.25, 0.3) is 0 Å². The number of hydrogen-bond donors (Lipinski definition) is 1. The fourth-order valence-electron chi connectivity index (χ4n) is 2.91. The molecule has 3 nitrogen and oxygen atoms in total. The highest BCUT2D eigenvalue weighted by Gasteiger charge is 2.07. The molecule has 0 aliphatic heterocycles. The molecule has 0 radical (unpaired) electrons. The van der Waals surface area contributed by atoms with Crippen molar-refractivity contribution in [3.8, 4) is 5.69 Å². The predicted octanol–water partition coefficient (Wildman–Crippen LogP) is 4.89. The Labute approximate surface area is 156 Å². The van der Waals surface area contributed by atoms with Crippen molar-refractivity contribution in [2.24, 2.45) is 0 Å². The summed E-state index contributed by atoms with van der Waals surface area (Å²) in [6.07, 6.45) is 8.22. The van der Waals surface area contributed by atoms with Crippen LogP contribution in [-0.4, -0.2) is 13.1 Å². The lowest BCUT2D eigenvalue weighted by atomic mass is 10.2. The molecule has 0 aliphatic rings. The van der Waals surface area contributed by atoms with Gasteiger partial charge in [0.1, 0.15) is 0 Å². The van der Waals surface area contributed by atoms with Gasteiger partial charge in [-0.25, -0.2) is 0 Å². The summed E-state index contributed by atoms with van der Waals surface area (Å²) in [5.41, 5.74) is 4.68. The van der Waals surface area contributed by atoms with Gasteiger partial charge in [-0.2, -0.15) is 4.57 Å². The highest BCUT2D eigenvalue weighted by molar-refractivity contribution is 5.54. The van der Waals surface area contributed by atoms with Gasteiger partial charge >= 0.3 is 0 Å². The summed E-state index contributed by atoms with van der Waals surface area (Å²) in [4.78, 5) is 2.35. The average Bonchev–Trinajstić information content (AvgIpc) is 2.71. The first-order valence-electron chi connectivity index (χ1n) is 9.15. The molecule has 3 aromatic rings. The summed E-state index contributed by atoms with van der Waals surface area (Å²) < 4.78 is 2.13. The third-order valence-electron chi connectivity index (χ3n) is 4.43. The Kier molecular flexibility index (Phi) is 6.05. The van der Waals surface area contributed by atoms with E-state index in [1.165, 1.54) is 11.4 Å². The molecule has 0 aliphatic carbocycles. The molecule has 0 bridgehead atoms. The van der Waals surface area contributed by atoms with Crippen molar-refractivity contribution in [1.82, 2.24) is 0 Å². The van der Waals surface area contributed by atoms with E-state index < -0.39 is 0 Å². The number of benzene rings is 2. The summed E-state index contributed by atoms with van der Waals surface area (Å²) in [5, 5.41) is 3.28. The molecule has 1 N–H and O–H groups in total. The largest absolute Gasteiger partial charge is 0.372 e. The first kappa shape index (κ1) is 17.7. The van der Waals surface area contributed by atoms with Crippen LogP contribution in [0, 0.1) is 0 Å². The van der Waals surface area contributed by atoms with E-state index in [1.807, 2.05) is 36.5 Å². The molecule has 2 aromatic carbocycles. The van der Waals surface area contributed by atoms with E-state index in [9.17, 15) is 0 Å². The molecule has 26 heavy (non-hydrogen) atoms. The Hall–Kier alpha value is -3.07. The van der Waals surface area contributed by atoms with E-state index in [1.54, 1.807) is 0 Å². The van der Waals surface area contributed by atoms with Gasteiger partial charge in [0.2, 0.25) is 5.69 Å². The Bertz CT molecular complexity index is 818. The van der Waals surface area contributed by atoms with Gasteiger partial charge in [0.15, 0.2) is 12.4 Å². The zero-order valence-electron chi connectivity index (χ0n) is 15.5. The van der Waals surface area contributed by atoms with Crippen LogP contribution in [0.1, 0.15) is 19.4 Å².